The zero-order chi connectivity index (χ0) is 33.9. The first-order chi connectivity index (χ1) is 23.2. The van der Waals surface area contributed by atoms with Crippen LogP contribution in [-0.2, 0) is 25.9 Å². The molecule has 12 heteroatoms. The van der Waals surface area contributed by atoms with Gasteiger partial charge >= 0.3 is 0 Å². The summed E-state index contributed by atoms with van der Waals surface area (Å²) in [5, 5.41) is 17.6. The minimum atomic E-state index is 0.661. The monoisotopic (exact) mass is 778 g/mol. The van der Waals surface area contributed by atoms with E-state index in [0.717, 1.165) is 94.8 Å². The van der Waals surface area contributed by atoms with Gasteiger partial charge in [-0.1, -0.05) is 46.8 Å². The fraction of sp³-hybridized carbons (Fsp3) is 0.389. The second kappa shape index (κ2) is 17.7. The van der Waals surface area contributed by atoms with E-state index >= 15 is 0 Å². The van der Waals surface area contributed by atoms with Gasteiger partial charge in [0.2, 0.25) is 0 Å². The maximum absolute atomic E-state index is 5.88. The fourth-order valence-corrected chi connectivity index (χ4v) is 6.17. The number of aryl methyl sites for hydroxylation is 4. The molecule has 0 unspecified atom stereocenters. The minimum absolute atomic E-state index is 0.661. The first-order valence-corrected chi connectivity index (χ1v) is 17.8. The summed E-state index contributed by atoms with van der Waals surface area (Å²) in [4.78, 5) is 4.21. The first kappa shape index (κ1) is 35.7. The highest BCUT2D eigenvalue weighted by Gasteiger charge is 2.09. The molecule has 0 radical (unpaired) electrons. The molecule has 0 saturated carbocycles. The Kier molecular flexibility index (Phi) is 13.2. The lowest BCUT2D eigenvalue weighted by Crippen LogP contribution is -2.19. The van der Waals surface area contributed by atoms with E-state index in [-0.39, 0.29) is 0 Å². The highest BCUT2D eigenvalue weighted by atomic mass is 79.9. The number of halogens is 2. The molecule has 2 heterocycles. The average Bonchev–Trinajstić information content (AvgIpc) is 3.73. The maximum Gasteiger partial charge on any atom is 0.133 e. The van der Waals surface area contributed by atoms with Crippen molar-refractivity contribution in [1.82, 2.24) is 39.8 Å². The van der Waals surface area contributed by atoms with Crippen LogP contribution < -0.4 is 9.47 Å². The summed E-state index contributed by atoms with van der Waals surface area (Å²) in [5.74, 6) is 1.75. The van der Waals surface area contributed by atoms with E-state index in [1.807, 2.05) is 62.1 Å². The van der Waals surface area contributed by atoms with Gasteiger partial charge in [-0.2, -0.15) is 0 Å². The molecule has 0 aliphatic rings. The van der Waals surface area contributed by atoms with Crippen molar-refractivity contribution in [3.8, 4) is 34.0 Å². The molecule has 0 aliphatic heterocycles. The summed E-state index contributed by atoms with van der Waals surface area (Å²) in [5.41, 5.74) is 6.27. The standard InChI is InChI=1S/C36H44Br2N8O2/c1-43(2)19-21-47-35-15-9-27(23-31(35)37)7-5-17-45-25-33(39-41-45)29-11-13-30(14-12-29)34-26-46(42-40-34)18-6-8-28-10-16-36(32(38)24-28)48-22-20-44(3)4/h9-16,23-26H,5-8,17-22H2,1-4H3. The highest BCUT2D eigenvalue weighted by molar-refractivity contribution is 9.10. The molecule has 254 valence electrons. The van der Waals surface area contributed by atoms with Crippen molar-refractivity contribution < 1.29 is 9.47 Å². The molecule has 0 aliphatic carbocycles. The largest absolute Gasteiger partial charge is 0.491 e. The van der Waals surface area contributed by atoms with E-state index in [9.17, 15) is 0 Å². The smallest absolute Gasteiger partial charge is 0.133 e. The Bertz CT molecular complexity index is 1610. The summed E-state index contributed by atoms with van der Waals surface area (Å²) in [6.07, 6.45) is 7.82. The minimum Gasteiger partial charge on any atom is -0.491 e. The molecule has 3 aromatic carbocycles. The molecule has 0 atom stereocenters. The molecule has 0 spiro atoms. The lowest BCUT2D eigenvalue weighted by Gasteiger charge is -2.13. The van der Waals surface area contributed by atoms with E-state index in [2.05, 4.69) is 111 Å². The van der Waals surface area contributed by atoms with Crippen molar-refractivity contribution in [1.29, 1.82) is 0 Å². The molecule has 48 heavy (non-hydrogen) atoms. The Hall–Kier alpha value is -3.58. The Morgan fingerprint density at radius 2 is 1.02 bits per heavy atom. The van der Waals surface area contributed by atoms with Gasteiger partial charge in [-0.3, -0.25) is 9.36 Å². The number of likely N-dealkylation sites (N-methyl/N-ethyl adjacent to an activating group) is 2. The topological polar surface area (TPSA) is 86.4 Å². The highest BCUT2D eigenvalue weighted by Crippen LogP contribution is 2.28. The summed E-state index contributed by atoms with van der Waals surface area (Å²) >= 11 is 7.30. The normalized spacial score (nSPS) is 11.5. The van der Waals surface area contributed by atoms with Crippen molar-refractivity contribution in [3.05, 3.63) is 93.1 Å². The van der Waals surface area contributed by atoms with Gasteiger partial charge in [0.05, 0.1) is 21.3 Å². The first-order valence-electron chi connectivity index (χ1n) is 16.3. The Morgan fingerprint density at radius 3 is 1.40 bits per heavy atom. The number of hydrogen-bond donors (Lipinski definition) is 0. The fourth-order valence-electron chi connectivity index (χ4n) is 5.09. The molecular formula is C36H44Br2N8O2. The van der Waals surface area contributed by atoms with Crippen molar-refractivity contribution in [2.45, 2.75) is 38.8 Å². The summed E-state index contributed by atoms with van der Waals surface area (Å²) in [6, 6.07) is 20.9. The molecular weight excluding hydrogens is 736 g/mol. The summed E-state index contributed by atoms with van der Waals surface area (Å²) in [6.45, 7) is 4.67. The van der Waals surface area contributed by atoms with Crippen LogP contribution in [-0.4, -0.2) is 94.3 Å². The van der Waals surface area contributed by atoms with Crippen molar-refractivity contribution in [3.63, 3.8) is 0 Å². The van der Waals surface area contributed by atoms with Crippen molar-refractivity contribution in [2.24, 2.45) is 0 Å². The zero-order valence-electron chi connectivity index (χ0n) is 28.1. The molecule has 5 rings (SSSR count). The lowest BCUT2D eigenvalue weighted by atomic mass is 10.1. The maximum atomic E-state index is 5.88. The van der Waals surface area contributed by atoms with Gasteiger partial charge in [0.25, 0.3) is 0 Å². The molecule has 0 amide bonds. The quantitative estimate of drug-likeness (QED) is 0.0953. The van der Waals surface area contributed by atoms with Crippen LogP contribution in [0, 0.1) is 0 Å². The molecule has 0 saturated heterocycles. The Balaban J connectivity index is 1.06. The predicted octanol–water partition coefficient (Wildman–Crippen LogP) is 6.88. The number of hydrogen-bond acceptors (Lipinski definition) is 8. The SMILES string of the molecule is CN(C)CCOc1ccc(CCCn2cc(-c3ccc(-c4cn(CCCc5ccc(OCCN(C)C)c(Br)c5)nn4)cc3)nn2)cc1Br. The molecule has 0 fully saturated rings. The van der Waals surface area contributed by atoms with Gasteiger partial charge < -0.3 is 19.3 Å². The van der Waals surface area contributed by atoms with Crippen LogP contribution in [0.4, 0.5) is 0 Å². The number of nitrogens with zero attached hydrogens (tertiary/aromatic N) is 8. The second-order valence-electron chi connectivity index (χ2n) is 12.4. The zero-order valence-corrected chi connectivity index (χ0v) is 31.3. The third kappa shape index (κ3) is 10.7. The van der Waals surface area contributed by atoms with Crippen LogP contribution in [0.3, 0.4) is 0 Å². The van der Waals surface area contributed by atoms with Crippen LogP contribution in [0.15, 0.2) is 82.0 Å². The van der Waals surface area contributed by atoms with Gasteiger partial charge in [-0.25, -0.2) is 0 Å². The van der Waals surface area contributed by atoms with Crippen LogP contribution >= 0.6 is 31.9 Å². The number of aromatic nitrogens is 6. The van der Waals surface area contributed by atoms with Crippen LogP contribution in [0.5, 0.6) is 11.5 Å². The van der Waals surface area contributed by atoms with Gasteiger partial charge in [0.15, 0.2) is 0 Å². The van der Waals surface area contributed by atoms with E-state index in [4.69, 9.17) is 9.47 Å². The average molecular weight is 781 g/mol. The molecule has 2 aromatic heterocycles. The Morgan fingerprint density at radius 1 is 0.604 bits per heavy atom. The van der Waals surface area contributed by atoms with E-state index in [0.29, 0.717) is 13.2 Å². The van der Waals surface area contributed by atoms with E-state index in [1.54, 1.807) is 0 Å². The molecule has 5 aromatic rings. The van der Waals surface area contributed by atoms with Crippen LogP contribution in [0.1, 0.15) is 24.0 Å². The van der Waals surface area contributed by atoms with Gasteiger partial charge in [-0.15, -0.1) is 10.2 Å². The predicted molar refractivity (Wildman–Crippen MR) is 197 cm³/mol. The molecule has 0 bridgehead atoms. The summed E-state index contributed by atoms with van der Waals surface area (Å²) in [7, 11) is 8.16. The molecule has 0 N–H and O–H groups in total. The number of ether oxygens (including phenoxy) is 2. The van der Waals surface area contributed by atoms with Crippen molar-refractivity contribution in [2.75, 3.05) is 54.5 Å². The van der Waals surface area contributed by atoms with Crippen molar-refractivity contribution >= 4 is 31.9 Å². The summed E-state index contributed by atoms with van der Waals surface area (Å²) < 4.78 is 17.6. The molecule has 10 nitrogen and oxygen atoms in total. The van der Waals surface area contributed by atoms with E-state index in [1.165, 1.54) is 11.1 Å². The number of benzene rings is 3. The van der Waals surface area contributed by atoms with Gasteiger partial charge in [0.1, 0.15) is 36.1 Å². The third-order valence-electron chi connectivity index (χ3n) is 7.84. The number of rotatable bonds is 18. The second-order valence-corrected chi connectivity index (χ2v) is 14.1. The van der Waals surface area contributed by atoms with Crippen LogP contribution in [0.25, 0.3) is 22.5 Å². The van der Waals surface area contributed by atoms with E-state index < -0.39 is 0 Å². The third-order valence-corrected chi connectivity index (χ3v) is 9.08. The lowest BCUT2D eigenvalue weighted by molar-refractivity contribution is 0.260. The van der Waals surface area contributed by atoms with Gasteiger partial charge in [0, 0.05) is 37.3 Å². The Labute approximate surface area is 300 Å². The van der Waals surface area contributed by atoms with Crippen LogP contribution in [0.2, 0.25) is 0 Å². The van der Waals surface area contributed by atoms with Gasteiger partial charge in [-0.05, 0) is 121 Å².